The molecule has 1 fully saturated rings. The molecule has 6 nitrogen and oxygen atoms in total. The predicted molar refractivity (Wildman–Crippen MR) is 80.5 cm³/mol. The van der Waals surface area contributed by atoms with Crippen molar-refractivity contribution >= 4 is 22.8 Å². The lowest BCUT2D eigenvalue weighted by molar-refractivity contribution is 0.199. The molecule has 3 rings (SSSR count). The average Bonchev–Trinajstić information content (AvgIpc) is 2.85. The third kappa shape index (κ3) is 2.30. The van der Waals surface area contributed by atoms with Gasteiger partial charge in [-0.3, -0.25) is 5.10 Å². The van der Waals surface area contributed by atoms with Gasteiger partial charge in [0.15, 0.2) is 5.65 Å². The molecule has 0 aliphatic carbocycles. The smallest absolute Gasteiger partial charge is 0.224 e. The average molecular weight is 274 g/mol. The van der Waals surface area contributed by atoms with E-state index in [-0.39, 0.29) is 0 Å². The minimum atomic E-state index is 0.301. The van der Waals surface area contributed by atoms with Crippen LogP contribution in [0.3, 0.4) is 0 Å². The molecule has 1 aliphatic heterocycles. The molecule has 1 aliphatic rings. The molecular weight excluding hydrogens is 252 g/mol. The maximum absolute atomic E-state index is 5.79. The Morgan fingerprint density at radius 3 is 2.60 bits per heavy atom. The first-order valence-electron chi connectivity index (χ1n) is 7.16. The number of hydrogen-bond donors (Lipinski definition) is 2. The summed E-state index contributed by atoms with van der Waals surface area (Å²) in [5.41, 5.74) is 6.88. The summed E-state index contributed by atoms with van der Waals surface area (Å²) in [6, 6.07) is 0. The number of fused-ring (bicyclic) bond motifs is 1. The third-order valence-electron chi connectivity index (χ3n) is 4.33. The lowest BCUT2D eigenvalue weighted by atomic mass is 9.75. The second kappa shape index (κ2) is 4.61. The van der Waals surface area contributed by atoms with Crippen molar-refractivity contribution in [2.24, 2.45) is 11.3 Å². The quantitative estimate of drug-likeness (QED) is 0.833. The topological polar surface area (TPSA) is 83.7 Å². The van der Waals surface area contributed by atoms with Crippen LogP contribution in [0.15, 0.2) is 6.20 Å². The van der Waals surface area contributed by atoms with Gasteiger partial charge in [-0.25, -0.2) is 0 Å². The van der Waals surface area contributed by atoms with Gasteiger partial charge < -0.3 is 10.6 Å². The molecule has 0 radical (unpaired) electrons. The van der Waals surface area contributed by atoms with E-state index in [0.29, 0.717) is 17.0 Å². The molecule has 3 heterocycles. The molecule has 108 valence electrons. The highest BCUT2D eigenvalue weighted by atomic mass is 15.2. The zero-order valence-corrected chi connectivity index (χ0v) is 12.3. The van der Waals surface area contributed by atoms with Crippen molar-refractivity contribution in [1.82, 2.24) is 20.2 Å². The molecule has 0 atom stereocenters. The molecule has 0 bridgehead atoms. The van der Waals surface area contributed by atoms with Crippen molar-refractivity contribution < 1.29 is 0 Å². The number of nitrogen functional groups attached to an aromatic ring is 1. The van der Waals surface area contributed by atoms with Crippen molar-refractivity contribution in [3.8, 4) is 0 Å². The molecule has 20 heavy (non-hydrogen) atoms. The van der Waals surface area contributed by atoms with Crippen LogP contribution < -0.4 is 10.6 Å². The normalized spacial score (nSPS) is 17.9. The Labute approximate surface area is 118 Å². The second-order valence-electron chi connectivity index (χ2n) is 6.67. The predicted octanol–water partition coefficient (Wildman–Crippen LogP) is 2.20. The van der Waals surface area contributed by atoms with E-state index in [4.69, 9.17) is 5.73 Å². The molecule has 1 saturated heterocycles. The molecule has 0 spiro atoms. The molecular formula is C14H22N6. The highest BCUT2D eigenvalue weighted by Gasteiger charge is 2.30. The maximum Gasteiger partial charge on any atom is 0.224 e. The summed E-state index contributed by atoms with van der Waals surface area (Å²) in [5.74, 6) is 1.97. The molecule has 0 saturated carbocycles. The Kier molecular flexibility index (Phi) is 3.03. The summed E-state index contributed by atoms with van der Waals surface area (Å²) in [4.78, 5) is 10.9. The first-order valence-corrected chi connectivity index (χ1v) is 7.16. The van der Waals surface area contributed by atoms with Gasteiger partial charge in [0, 0.05) is 13.1 Å². The summed E-state index contributed by atoms with van der Waals surface area (Å²) in [6.07, 6.45) is 4.15. The second-order valence-corrected chi connectivity index (χ2v) is 6.67. The molecule has 6 heteroatoms. The number of piperidine rings is 1. The standard InChI is InChI=1S/C14H22N6/c1-14(2,3)9-4-6-20(7-5-9)12-10-8-16-19-11(10)17-13(15)18-12/h8-9H,4-7H2,1-3H3,(H3,15,16,17,18,19). The zero-order valence-electron chi connectivity index (χ0n) is 12.3. The van der Waals surface area contributed by atoms with E-state index in [1.165, 1.54) is 12.8 Å². The van der Waals surface area contributed by atoms with Crippen LogP contribution in [0, 0.1) is 11.3 Å². The molecule has 0 unspecified atom stereocenters. The Morgan fingerprint density at radius 1 is 1.25 bits per heavy atom. The van der Waals surface area contributed by atoms with E-state index in [9.17, 15) is 0 Å². The largest absolute Gasteiger partial charge is 0.368 e. The van der Waals surface area contributed by atoms with Crippen molar-refractivity contribution in [1.29, 1.82) is 0 Å². The Bertz CT molecular complexity index is 604. The summed E-state index contributed by atoms with van der Waals surface area (Å²) in [6.45, 7) is 9.00. The van der Waals surface area contributed by atoms with E-state index in [1.807, 2.05) is 0 Å². The number of hydrogen-bond acceptors (Lipinski definition) is 5. The van der Waals surface area contributed by atoms with Crippen molar-refractivity contribution in [3.05, 3.63) is 6.20 Å². The van der Waals surface area contributed by atoms with E-state index in [2.05, 4.69) is 45.8 Å². The zero-order chi connectivity index (χ0) is 14.3. The maximum atomic E-state index is 5.79. The van der Waals surface area contributed by atoms with Gasteiger partial charge in [0.2, 0.25) is 5.95 Å². The number of nitrogens with two attached hydrogens (primary N) is 1. The number of aromatic amines is 1. The van der Waals surface area contributed by atoms with Crippen LogP contribution in [0.2, 0.25) is 0 Å². The number of nitrogens with zero attached hydrogens (tertiary/aromatic N) is 4. The van der Waals surface area contributed by atoms with Crippen LogP contribution in [0.5, 0.6) is 0 Å². The fourth-order valence-corrected chi connectivity index (χ4v) is 3.03. The Hall–Kier alpha value is -1.85. The number of H-pyrrole nitrogens is 1. The number of anilines is 2. The fraction of sp³-hybridized carbons (Fsp3) is 0.643. The van der Waals surface area contributed by atoms with Crippen LogP contribution >= 0.6 is 0 Å². The van der Waals surface area contributed by atoms with E-state index in [1.54, 1.807) is 6.20 Å². The van der Waals surface area contributed by atoms with E-state index < -0.39 is 0 Å². The van der Waals surface area contributed by atoms with E-state index in [0.717, 1.165) is 30.2 Å². The van der Waals surface area contributed by atoms with Crippen LogP contribution in [0.25, 0.3) is 11.0 Å². The van der Waals surface area contributed by atoms with Gasteiger partial charge in [-0.05, 0) is 24.2 Å². The number of aromatic nitrogens is 4. The van der Waals surface area contributed by atoms with Crippen molar-refractivity contribution in [3.63, 3.8) is 0 Å². The number of nitrogens with one attached hydrogen (secondary N) is 1. The first kappa shape index (κ1) is 13.1. The highest BCUT2D eigenvalue weighted by Crippen LogP contribution is 2.36. The van der Waals surface area contributed by atoms with Gasteiger partial charge in [0.05, 0.1) is 11.6 Å². The third-order valence-corrected chi connectivity index (χ3v) is 4.33. The lowest BCUT2D eigenvalue weighted by Crippen LogP contribution is -2.38. The van der Waals surface area contributed by atoms with Gasteiger partial charge in [0.1, 0.15) is 5.82 Å². The van der Waals surface area contributed by atoms with Gasteiger partial charge in [-0.2, -0.15) is 15.1 Å². The molecule has 2 aromatic heterocycles. The van der Waals surface area contributed by atoms with Crippen LogP contribution in [-0.4, -0.2) is 33.3 Å². The van der Waals surface area contributed by atoms with Gasteiger partial charge in [0.25, 0.3) is 0 Å². The van der Waals surface area contributed by atoms with Crippen LogP contribution in [-0.2, 0) is 0 Å². The highest BCUT2D eigenvalue weighted by molar-refractivity contribution is 5.87. The molecule has 0 amide bonds. The minimum Gasteiger partial charge on any atom is -0.368 e. The molecule has 0 aromatic carbocycles. The number of rotatable bonds is 1. The Morgan fingerprint density at radius 2 is 1.95 bits per heavy atom. The lowest BCUT2D eigenvalue weighted by Gasteiger charge is -2.39. The van der Waals surface area contributed by atoms with E-state index >= 15 is 0 Å². The van der Waals surface area contributed by atoms with Gasteiger partial charge >= 0.3 is 0 Å². The van der Waals surface area contributed by atoms with Crippen molar-refractivity contribution in [2.75, 3.05) is 23.7 Å². The Balaban J connectivity index is 1.85. The summed E-state index contributed by atoms with van der Waals surface area (Å²) < 4.78 is 0. The summed E-state index contributed by atoms with van der Waals surface area (Å²) in [5, 5.41) is 7.86. The van der Waals surface area contributed by atoms with Crippen molar-refractivity contribution in [2.45, 2.75) is 33.6 Å². The molecule has 2 aromatic rings. The van der Waals surface area contributed by atoms with Crippen LogP contribution in [0.1, 0.15) is 33.6 Å². The fourth-order valence-electron chi connectivity index (χ4n) is 3.03. The SMILES string of the molecule is CC(C)(C)C1CCN(c2nc(N)nc3[nH]ncc23)CC1. The van der Waals surface area contributed by atoms with Gasteiger partial charge in [-0.1, -0.05) is 20.8 Å². The van der Waals surface area contributed by atoms with Crippen LogP contribution in [0.4, 0.5) is 11.8 Å². The first-order chi connectivity index (χ1) is 9.45. The summed E-state index contributed by atoms with van der Waals surface area (Å²) >= 11 is 0. The summed E-state index contributed by atoms with van der Waals surface area (Å²) in [7, 11) is 0. The van der Waals surface area contributed by atoms with Gasteiger partial charge in [-0.15, -0.1) is 0 Å². The minimum absolute atomic E-state index is 0.301. The monoisotopic (exact) mass is 274 g/mol. The molecule has 3 N–H and O–H groups in total.